The van der Waals surface area contributed by atoms with Crippen LogP contribution in [0.25, 0.3) is 0 Å². The molecule has 2 aromatic carbocycles. The number of carboxylic acid groups (broad SMARTS) is 1. The maximum absolute atomic E-state index is 11.3. The van der Waals surface area contributed by atoms with Crippen molar-refractivity contribution in [3.8, 4) is 11.5 Å². The van der Waals surface area contributed by atoms with Crippen LogP contribution in [0.5, 0.6) is 11.5 Å². The summed E-state index contributed by atoms with van der Waals surface area (Å²) in [6, 6.07) is 13.0. The second-order valence-electron chi connectivity index (χ2n) is 4.23. The van der Waals surface area contributed by atoms with Crippen LogP contribution in [0.3, 0.4) is 0 Å². The third-order valence-corrected chi connectivity index (χ3v) is 3.13. The Hall–Kier alpha value is -2.20. The number of aromatic hydroxyl groups is 1. The molecule has 20 heavy (non-hydrogen) atoms. The highest BCUT2D eigenvalue weighted by Gasteiger charge is 2.21. The molecule has 4 nitrogen and oxygen atoms in total. The minimum Gasteiger partial charge on any atom is -0.508 e. The van der Waals surface area contributed by atoms with Gasteiger partial charge in [-0.05, 0) is 29.8 Å². The minimum absolute atomic E-state index is 0.0199. The third-order valence-electron chi connectivity index (χ3n) is 2.81. The summed E-state index contributed by atoms with van der Waals surface area (Å²) in [5.74, 6) is -1.45. The molecule has 0 aliphatic heterocycles. The van der Waals surface area contributed by atoms with E-state index in [-0.39, 0.29) is 12.4 Å². The predicted octanol–water partition coefficient (Wildman–Crippen LogP) is 3.29. The van der Waals surface area contributed by atoms with Crippen molar-refractivity contribution in [1.29, 1.82) is 0 Å². The van der Waals surface area contributed by atoms with Gasteiger partial charge < -0.3 is 14.9 Å². The molecule has 0 bridgehead atoms. The van der Waals surface area contributed by atoms with Crippen molar-refractivity contribution in [2.45, 2.75) is 5.92 Å². The summed E-state index contributed by atoms with van der Waals surface area (Å²) in [6.07, 6.45) is 0. The topological polar surface area (TPSA) is 66.8 Å². The zero-order chi connectivity index (χ0) is 14.5. The van der Waals surface area contributed by atoms with Gasteiger partial charge in [0.25, 0.3) is 0 Å². The first-order valence-electron chi connectivity index (χ1n) is 5.97. The maximum atomic E-state index is 11.3. The number of phenols is 1. The molecule has 0 radical (unpaired) electrons. The lowest BCUT2D eigenvalue weighted by Gasteiger charge is -2.15. The molecule has 0 fully saturated rings. The molecule has 2 aromatic rings. The van der Waals surface area contributed by atoms with Gasteiger partial charge in [0.05, 0.1) is 5.02 Å². The quantitative estimate of drug-likeness (QED) is 0.887. The van der Waals surface area contributed by atoms with Crippen molar-refractivity contribution in [3.63, 3.8) is 0 Å². The van der Waals surface area contributed by atoms with Crippen LogP contribution in [0.2, 0.25) is 5.02 Å². The van der Waals surface area contributed by atoms with Gasteiger partial charge in [-0.3, -0.25) is 4.79 Å². The lowest BCUT2D eigenvalue weighted by atomic mass is 10.00. The summed E-state index contributed by atoms with van der Waals surface area (Å²) >= 11 is 5.95. The molecule has 0 amide bonds. The Morgan fingerprint density at radius 2 is 1.95 bits per heavy atom. The SMILES string of the molecule is O=C(O)C(COc1ccccc1Cl)c1cccc(O)c1. The third kappa shape index (κ3) is 3.42. The monoisotopic (exact) mass is 292 g/mol. The minimum atomic E-state index is -1.03. The fraction of sp³-hybridized carbons (Fsp3) is 0.133. The molecule has 0 aliphatic carbocycles. The average Bonchev–Trinajstić information content (AvgIpc) is 2.41. The number of carboxylic acids is 1. The van der Waals surface area contributed by atoms with Crippen LogP contribution in [-0.4, -0.2) is 22.8 Å². The summed E-state index contributed by atoms with van der Waals surface area (Å²) in [5, 5.41) is 19.1. The van der Waals surface area contributed by atoms with Gasteiger partial charge in [-0.1, -0.05) is 35.9 Å². The van der Waals surface area contributed by atoms with Crippen molar-refractivity contribution < 1.29 is 19.7 Å². The largest absolute Gasteiger partial charge is 0.508 e. The molecule has 1 unspecified atom stereocenters. The highest BCUT2D eigenvalue weighted by atomic mass is 35.5. The number of ether oxygens (including phenoxy) is 1. The smallest absolute Gasteiger partial charge is 0.314 e. The molecule has 0 spiro atoms. The van der Waals surface area contributed by atoms with E-state index in [0.29, 0.717) is 16.3 Å². The Labute approximate surface area is 121 Å². The Balaban J connectivity index is 2.15. The summed E-state index contributed by atoms with van der Waals surface area (Å²) in [5.41, 5.74) is 0.476. The van der Waals surface area contributed by atoms with Gasteiger partial charge >= 0.3 is 5.97 Å². The number of phenolic OH excluding ortho intramolecular Hbond substituents is 1. The van der Waals surface area contributed by atoms with Crippen LogP contribution in [-0.2, 0) is 4.79 Å². The molecule has 104 valence electrons. The van der Waals surface area contributed by atoms with E-state index in [1.807, 2.05) is 0 Å². The Bertz CT molecular complexity index is 612. The number of benzene rings is 2. The first kappa shape index (κ1) is 14.2. The number of hydrogen-bond acceptors (Lipinski definition) is 3. The van der Waals surface area contributed by atoms with E-state index in [2.05, 4.69) is 0 Å². The number of carbonyl (C=O) groups is 1. The molecule has 2 rings (SSSR count). The first-order valence-corrected chi connectivity index (χ1v) is 6.35. The van der Waals surface area contributed by atoms with Crippen LogP contribution in [0.4, 0.5) is 0 Å². The number of para-hydroxylation sites is 1. The van der Waals surface area contributed by atoms with Crippen molar-refractivity contribution in [2.24, 2.45) is 0 Å². The molecule has 5 heteroatoms. The van der Waals surface area contributed by atoms with Crippen LogP contribution in [0.1, 0.15) is 11.5 Å². The van der Waals surface area contributed by atoms with Gasteiger partial charge in [0.2, 0.25) is 0 Å². The Morgan fingerprint density at radius 1 is 1.20 bits per heavy atom. The zero-order valence-corrected chi connectivity index (χ0v) is 11.2. The van der Waals surface area contributed by atoms with E-state index in [1.165, 1.54) is 12.1 Å². The summed E-state index contributed by atoms with van der Waals surface area (Å²) in [6.45, 7) is -0.0669. The van der Waals surface area contributed by atoms with Crippen molar-refractivity contribution in [3.05, 3.63) is 59.1 Å². The second kappa shape index (κ2) is 6.30. The lowest BCUT2D eigenvalue weighted by Crippen LogP contribution is -2.19. The molecule has 2 N–H and O–H groups in total. The summed E-state index contributed by atoms with van der Waals surface area (Å²) < 4.78 is 5.46. The molecule has 0 saturated heterocycles. The zero-order valence-electron chi connectivity index (χ0n) is 10.5. The Morgan fingerprint density at radius 3 is 2.60 bits per heavy atom. The molecule has 1 atom stereocenters. The fourth-order valence-corrected chi connectivity index (χ4v) is 1.98. The summed E-state index contributed by atoms with van der Waals surface area (Å²) in [7, 11) is 0. The fourth-order valence-electron chi connectivity index (χ4n) is 1.79. The molecule has 0 saturated carbocycles. The second-order valence-corrected chi connectivity index (χ2v) is 4.63. The van der Waals surface area contributed by atoms with Crippen molar-refractivity contribution in [1.82, 2.24) is 0 Å². The number of halogens is 1. The predicted molar refractivity (Wildman–Crippen MR) is 75.4 cm³/mol. The van der Waals surface area contributed by atoms with Crippen LogP contribution >= 0.6 is 11.6 Å². The van der Waals surface area contributed by atoms with Gasteiger partial charge in [-0.15, -0.1) is 0 Å². The van der Waals surface area contributed by atoms with Gasteiger partial charge in [0, 0.05) is 0 Å². The first-order chi connectivity index (χ1) is 9.58. The molecule has 0 aromatic heterocycles. The van der Waals surface area contributed by atoms with E-state index >= 15 is 0 Å². The van der Waals surface area contributed by atoms with Gasteiger partial charge in [-0.2, -0.15) is 0 Å². The maximum Gasteiger partial charge on any atom is 0.314 e. The molecule has 0 heterocycles. The van der Waals surface area contributed by atoms with E-state index < -0.39 is 11.9 Å². The highest BCUT2D eigenvalue weighted by molar-refractivity contribution is 6.32. The van der Waals surface area contributed by atoms with E-state index in [9.17, 15) is 15.0 Å². The van der Waals surface area contributed by atoms with E-state index in [1.54, 1.807) is 36.4 Å². The van der Waals surface area contributed by atoms with Crippen molar-refractivity contribution >= 4 is 17.6 Å². The summed E-state index contributed by atoms with van der Waals surface area (Å²) in [4.78, 5) is 11.3. The van der Waals surface area contributed by atoms with Crippen LogP contribution in [0.15, 0.2) is 48.5 Å². The molecular formula is C15H13ClO4. The average molecular weight is 293 g/mol. The normalized spacial score (nSPS) is 11.8. The number of rotatable bonds is 5. The van der Waals surface area contributed by atoms with Gasteiger partial charge in [0.1, 0.15) is 24.0 Å². The lowest BCUT2D eigenvalue weighted by molar-refractivity contribution is -0.139. The van der Waals surface area contributed by atoms with Gasteiger partial charge in [0.15, 0.2) is 0 Å². The number of hydrogen-bond donors (Lipinski definition) is 2. The van der Waals surface area contributed by atoms with Crippen LogP contribution in [0, 0.1) is 0 Å². The molecular weight excluding hydrogens is 280 g/mol. The van der Waals surface area contributed by atoms with E-state index in [4.69, 9.17) is 16.3 Å². The Kier molecular flexibility index (Phi) is 4.48. The van der Waals surface area contributed by atoms with Crippen LogP contribution < -0.4 is 4.74 Å². The standard InChI is InChI=1S/C15H13ClO4/c16-13-6-1-2-7-14(13)20-9-12(15(18)19)10-4-3-5-11(17)8-10/h1-8,12,17H,9H2,(H,18,19). The molecule has 0 aliphatic rings. The van der Waals surface area contributed by atoms with E-state index in [0.717, 1.165) is 0 Å². The van der Waals surface area contributed by atoms with Crippen molar-refractivity contribution in [2.75, 3.05) is 6.61 Å². The number of aliphatic carboxylic acids is 1. The van der Waals surface area contributed by atoms with Gasteiger partial charge in [-0.25, -0.2) is 0 Å². The highest BCUT2D eigenvalue weighted by Crippen LogP contribution is 2.26.